The van der Waals surface area contributed by atoms with E-state index in [9.17, 15) is 4.79 Å². The molecule has 0 radical (unpaired) electrons. The largest absolute Gasteiger partial charge is 0.462 e. The van der Waals surface area contributed by atoms with Crippen molar-refractivity contribution in [3.63, 3.8) is 0 Å². The highest BCUT2D eigenvalue weighted by Crippen LogP contribution is 2.16. The molecule has 0 bridgehead atoms. The van der Waals surface area contributed by atoms with Gasteiger partial charge < -0.3 is 4.74 Å². The molecule has 84 valence electrons. The van der Waals surface area contributed by atoms with Crippen molar-refractivity contribution in [2.24, 2.45) is 0 Å². The topological polar surface area (TPSA) is 44.1 Å². The van der Waals surface area contributed by atoms with E-state index < -0.39 is 0 Å². The Morgan fingerprint density at radius 1 is 1.44 bits per heavy atom. The predicted molar refractivity (Wildman–Crippen MR) is 61.4 cm³/mol. The van der Waals surface area contributed by atoms with Crippen LogP contribution in [0.4, 0.5) is 0 Å². The molecule has 4 heteroatoms. The quantitative estimate of drug-likeness (QED) is 0.742. The minimum atomic E-state index is -0.284. The number of benzene rings is 1. The summed E-state index contributed by atoms with van der Waals surface area (Å²) in [6, 6.07) is 5.48. The fourth-order valence-corrected chi connectivity index (χ4v) is 1.68. The zero-order valence-electron chi connectivity index (χ0n) is 9.43. The number of hydrogen-bond donors (Lipinski definition) is 0. The zero-order valence-corrected chi connectivity index (χ0v) is 9.43. The standard InChI is InChI=1S/C12H14N2O2/c1-3-14-11-6-5-9(12(15)16-4-2)7-10(11)8-13-14/h5-8H,3-4H2,1-2H3. The Labute approximate surface area is 93.8 Å². The number of carbonyl (C=O) groups excluding carboxylic acids is 1. The fraction of sp³-hybridized carbons (Fsp3) is 0.333. The van der Waals surface area contributed by atoms with Crippen molar-refractivity contribution >= 4 is 16.9 Å². The molecule has 0 saturated heterocycles. The number of aromatic nitrogens is 2. The second-order valence-corrected chi connectivity index (χ2v) is 3.45. The maximum absolute atomic E-state index is 11.5. The Bertz CT molecular complexity index is 517. The van der Waals surface area contributed by atoms with E-state index in [1.54, 1.807) is 19.2 Å². The summed E-state index contributed by atoms with van der Waals surface area (Å²) < 4.78 is 6.84. The van der Waals surface area contributed by atoms with Crippen LogP contribution in [0, 0.1) is 0 Å². The normalized spacial score (nSPS) is 10.6. The summed E-state index contributed by atoms with van der Waals surface area (Å²) in [7, 11) is 0. The van der Waals surface area contributed by atoms with Crippen LogP contribution in [0.1, 0.15) is 24.2 Å². The number of aryl methyl sites for hydroxylation is 1. The Morgan fingerprint density at radius 2 is 2.25 bits per heavy atom. The highest BCUT2D eigenvalue weighted by molar-refractivity contribution is 5.94. The highest BCUT2D eigenvalue weighted by Gasteiger charge is 2.08. The first-order valence-corrected chi connectivity index (χ1v) is 5.39. The van der Waals surface area contributed by atoms with Gasteiger partial charge in [0, 0.05) is 11.9 Å². The van der Waals surface area contributed by atoms with Gasteiger partial charge in [0.05, 0.1) is 23.9 Å². The van der Waals surface area contributed by atoms with Gasteiger partial charge in [-0.3, -0.25) is 4.68 Å². The summed E-state index contributed by atoms with van der Waals surface area (Å²) in [6.07, 6.45) is 1.77. The number of esters is 1. The third-order valence-corrected chi connectivity index (χ3v) is 2.45. The lowest BCUT2D eigenvalue weighted by Crippen LogP contribution is -2.04. The molecule has 0 aliphatic heterocycles. The lowest BCUT2D eigenvalue weighted by atomic mass is 10.1. The molecule has 2 rings (SSSR count). The third-order valence-electron chi connectivity index (χ3n) is 2.45. The first-order valence-electron chi connectivity index (χ1n) is 5.39. The molecule has 0 spiro atoms. The van der Waals surface area contributed by atoms with Crippen LogP contribution in [0.15, 0.2) is 24.4 Å². The summed E-state index contributed by atoms with van der Waals surface area (Å²) in [4.78, 5) is 11.5. The highest BCUT2D eigenvalue weighted by atomic mass is 16.5. The van der Waals surface area contributed by atoms with Crippen LogP contribution >= 0.6 is 0 Å². The van der Waals surface area contributed by atoms with Gasteiger partial charge in [-0.05, 0) is 32.0 Å². The van der Waals surface area contributed by atoms with E-state index in [0.29, 0.717) is 12.2 Å². The Balaban J connectivity index is 2.41. The molecule has 0 saturated carbocycles. The first kappa shape index (κ1) is 10.7. The second kappa shape index (κ2) is 4.35. The molecule has 0 aliphatic rings. The summed E-state index contributed by atoms with van der Waals surface area (Å²) in [6.45, 7) is 5.05. The maximum Gasteiger partial charge on any atom is 0.338 e. The van der Waals surface area contributed by atoms with Crippen LogP contribution in [0.25, 0.3) is 10.9 Å². The molecule has 1 aromatic carbocycles. The van der Waals surface area contributed by atoms with Crippen molar-refractivity contribution < 1.29 is 9.53 Å². The summed E-state index contributed by atoms with van der Waals surface area (Å²) >= 11 is 0. The number of rotatable bonds is 3. The van der Waals surface area contributed by atoms with Crippen molar-refractivity contribution in [1.29, 1.82) is 0 Å². The summed E-state index contributed by atoms with van der Waals surface area (Å²) in [5.41, 5.74) is 1.61. The SMILES string of the molecule is CCOC(=O)c1ccc2c(cnn2CC)c1. The Morgan fingerprint density at radius 3 is 2.94 bits per heavy atom. The molecular formula is C12H14N2O2. The minimum absolute atomic E-state index is 0.284. The number of carbonyl (C=O) groups is 1. The van der Waals surface area contributed by atoms with Crippen LogP contribution in [0.5, 0.6) is 0 Å². The Kier molecular flexibility index (Phi) is 2.90. The molecule has 0 atom stereocenters. The van der Waals surface area contributed by atoms with Gasteiger partial charge in [0.15, 0.2) is 0 Å². The molecule has 0 unspecified atom stereocenters. The molecule has 0 aliphatic carbocycles. The van der Waals surface area contributed by atoms with E-state index in [-0.39, 0.29) is 5.97 Å². The van der Waals surface area contributed by atoms with E-state index >= 15 is 0 Å². The fourth-order valence-electron chi connectivity index (χ4n) is 1.68. The van der Waals surface area contributed by atoms with Crippen LogP contribution in [-0.4, -0.2) is 22.4 Å². The van der Waals surface area contributed by atoms with Gasteiger partial charge in [-0.1, -0.05) is 0 Å². The van der Waals surface area contributed by atoms with Gasteiger partial charge in [-0.15, -0.1) is 0 Å². The molecule has 2 aromatic rings. The van der Waals surface area contributed by atoms with Crippen molar-refractivity contribution in [2.45, 2.75) is 20.4 Å². The average molecular weight is 218 g/mol. The monoisotopic (exact) mass is 218 g/mol. The first-order chi connectivity index (χ1) is 7.76. The average Bonchev–Trinajstić information content (AvgIpc) is 2.71. The van der Waals surface area contributed by atoms with Crippen molar-refractivity contribution in [3.05, 3.63) is 30.0 Å². The summed E-state index contributed by atoms with van der Waals surface area (Å²) in [5, 5.41) is 5.19. The smallest absolute Gasteiger partial charge is 0.338 e. The lowest BCUT2D eigenvalue weighted by molar-refractivity contribution is 0.0526. The van der Waals surface area contributed by atoms with Gasteiger partial charge >= 0.3 is 5.97 Å². The molecule has 4 nitrogen and oxygen atoms in total. The van der Waals surface area contributed by atoms with E-state index in [1.807, 2.05) is 23.7 Å². The molecular weight excluding hydrogens is 204 g/mol. The van der Waals surface area contributed by atoms with E-state index in [0.717, 1.165) is 17.4 Å². The van der Waals surface area contributed by atoms with Gasteiger partial charge in [0.2, 0.25) is 0 Å². The minimum Gasteiger partial charge on any atom is -0.462 e. The van der Waals surface area contributed by atoms with Gasteiger partial charge in [0.1, 0.15) is 0 Å². The number of ether oxygens (including phenoxy) is 1. The number of hydrogen-bond acceptors (Lipinski definition) is 3. The predicted octanol–water partition coefficient (Wildman–Crippen LogP) is 2.23. The molecule has 1 heterocycles. The van der Waals surface area contributed by atoms with Crippen molar-refractivity contribution in [2.75, 3.05) is 6.61 Å². The van der Waals surface area contributed by atoms with Crippen LogP contribution < -0.4 is 0 Å². The molecule has 1 aromatic heterocycles. The van der Waals surface area contributed by atoms with E-state index in [2.05, 4.69) is 5.10 Å². The molecule has 16 heavy (non-hydrogen) atoms. The van der Waals surface area contributed by atoms with Gasteiger partial charge in [-0.2, -0.15) is 5.10 Å². The Hall–Kier alpha value is -1.84. The lowest BCUT2D eigenvalue weighted by Gasteiger charge is -2.02. The number of fused-ring (bicyclic) bond motifs is 1. The summed E-state index contributed by atoms with van der Waals surface area (Å²) in [5.74, 6) is -0.284. The van der Waals surface area contributed by atoms with Crippen LogP contribution in [0.2, 0.25) is 0 Å². The van der Waals surface area contributed by atoms with Gasteiger partial charge in [-0.25, -0.2) is 4.79 Å². The molecule has 0 fully saturated rings. The zero-order chi connectivity index (χ0) is 11.5. The number of nitrogens with zero attached hydrogens (tertiary/aromatic N) is 2. The van der Waals surface area contributed by atoms with Crippen molar-refractivity contribution in [1.82, 2.24) is 9.78 Å². The van der Waals surface area contributed by atoms with E-state index in [1.165, 1.54) is 0 Å². The molecule has 0 amide bonds. The van der Waals surface area contributed by atoms with Gasteiger partial charge in [0.25, 0.3) is 0 Å². The molecule has 0 N–H and O–H groups in total. The van der Waals surface area contributed by atoms with E-state index in [4.69, 9.17) is 4.74 Å². The maximum atomic E-state index is 11.5. The second-order valence-electron chi connectivity index (χ2n) is 3.45. The van der Waals surface area contributed by atoms with Crippen LogP contribution in [-0.2, 0) is 11.3 Å². The van der Waals surface area contributed by atoms with Crippen molar-refractivity contribution in [3.8, 4) is 0 Å². The van der Waals surface area contributed by atoms with Crippen LogP contribution in [0.3, 0.4) is 0 Å². The third kappa shape index (κ3) is 1.78.